The molecule has 1 fully saturated rings. The van der Waals surface area contributed by atoms with Crippen molar-refractivity contribution >= 4 is 29.2 Å². The van der Waals surface area contributed by atoms with Gasteiger partial charge in [-0.15, -0.1) is 11.3 Å². The molecule has 114 valence electrons. The number of nitrogens with zero attached hydrogens (tertiary/aromatic N) is 4. The predicted octanol–water partition coefficient (Wildman–Crippen LogP) is 1.20. The summed E-state index contributed by atoms with van der Waals surface area (Å²) in [6.07, 6.45) is 3.39. The van der Waals surface area contributed by atoms with Crippen molar-refractivity contribution in [1.82, 2.24) is 14.9 Å². The van der Waals surface area contributed by atoms with Crippen molar-refractivity contribution in [3.05, 3.63) is 40.3 Å². The molecule has 3 rings (SSSR count). The summed E-state index contributed by atoms with van der Waals surface area (Å²) < 4.78 is 0. The van der Waals surface area contributed by atoms with Gasteiger partial charge < -0.3 is 14.9 Å². The average molecular weight is 318 g/mol. The molecular weight excluding hydrogens is 304 g/mol. The quantitative estimate of drug-likeness (QED) is 0.915. The zero-order valence-corrected chi connectivity index (χ0v) is 12.5. The number of carboxylic acid groups (broad SMARTS) is 1. The maximum Gasteiger partial charge on any atom is 0.345 e. The molecule has 1 aliphatic rings. The summed E-state index contributed by atoms with van der Waals surface area (Å²) >= 11 is 1.01. The van der Waals surface area contributed by atoms with Crippen molar-refractivity contribution in [3.8, 4) is 0 Å². The zero-order valence-electron chi connectivity index (χ0n) is 11.7. The maximum atomic E-state index is 12.4. The Hall–Kier alpha value is -2.48. The zero-order chi connectivity index (χ0) is 15.5. The number of anilines is 1. The molecule has 1 N–H and O–H groups in total. The number of aromatic nitrogens is 2. The number of piperazine rings is 1. The fourth-order valence-corrected chi connectivity index (χ4v) is 3.10. The smallest absolute Gasteiger partial charge is 0.345 e. The van der Waals surface area contributed by atoms with Crippen LogP contribution in [0.2, 0.25) is 0 Å². The molecule has 0 bridgehead atoms. The number of hydrogen-bond donors (Lipinski definition) is 1. The fraction of sp³-hybridized carbons (Fsp3) is 0.286. The van der Waals surface area contributed by atoms with E-state index in [0.29, 0.717) is 37.0 Å². The lowest BCUT2D eigenvalue weighted by Gasteiger charge is -2.34. The molecule has 2 aromatic heterocycles. The van der Waals surface area contributed by atoms with Crippen LogP contribution in [0.25, 0.3) is 0 Å². The second-order valence-electron chi connectivity index (χ2n) is 4.80. The van der Waals surface area contributed by atoms with Crippen LogP contribution in [-0.4, -0.2) is 58.0 Å². The van der Waals surface area contributed by atoms with Gasteiger partial charge in [-0.1, -0.05) is 0 Å². The van der Waals surface area contributed by atoms with E-state index >= 15 is 0 Å². The van der Waals surface area contributed by atoms with Gasteiger partial charge in [0.15, 0.2) is 0 Å². The van der Waals surface area contributed by atoms with Crippen molar-refractivity contribution < 1.29 is 14.7 Å². The highest BCUT2D eigenvalue weighted by atomic mass is 32.1. The highest BCUT2D eigenvalue weighted by molar-refractivity contribution is 7.15. The van der Waals surface area contributed by atoms with Crippen molar-refractivity contribution in [1.29, 1.82) is 0 Å². The molecular formula is C14H14N4O3S. The summed E-state index contributed by atoms with van der Waals surface area (Å²) in [5, 5.41) is 8.92. The number of amides is 1. The van der Waals surface area contributed by atoms with Crippen LogP contribution in [0, 0.1) is 0 Å². The minimum absolute atomic E-state index is 0.119. The van der Waals surface area contributed by atoms with Gasteiger partial charge in [-0.3, -0.25) is 4.79 Å². The Balaban J connectivity index is 1.63. The molecule has 7 nitrogen and oxygen atoms in total. The lowest BCUT2D eigenvalue weighted by molar-refractivity contribution is 0.0701. The first-order valence-corrected chi connectivity index (χ1v) is 7.61. The Morgan fingerprint density at radius 2 is 1.68 bits per heavy atom. The molecule has 1 aliphatic heterocycles. The van der Waals surface area contributed by atoms with Crippen molar-refractivity contribution in [2.75, 3.05) is 31.1 Å². The summed E-state index contributed by atoms with van der Waals surface area (Å²) in [5.41, 5.74) is 0. The van der Waals surface area contributed by atoms with Crippen LogP contribution < -0.4 is 4.90 Å². The van der Waals surface area contributed by atoms with Gasteiger partial charge in [-0.05, 0) is 18.2 Å². The van der Waals surface area contributed by atoms with Gasteiger partial charge in [0.25, 0.3) is 5.91 Å². The third-order valence-electron chi connectivity index (χ3n) is 3.43. The van der Waals surface area contributed by atoms with E-state index in [9.17, 15) is 9.59 Å². The van der Waals surface area contributed by atoms with Gasteiger partial charge in [-0.25, -0.2) is 14.8 Å². The van der Waals surface area contributed by atoms with Gasteiger partial charge in [0.1, 0.15) is 4.88 Å². The average Bonchev–Trinajstić information content (AvgIpc) is 3.05. The number of carboxylic acids is 1. The number of carbonyl (C=O) groups excluding carboxylic acids is 1. The van der Waals surface area contributed by atoms with Crippen LogP contribution in [0.15, 0.2) is 30.6 Å². The molecule has 0 radical (unpaired) electrons. The number of thiophene rings is 1. The predicted molar refractivity (Wildman–Crippen MR) is 81.4 cm³/mol. The number of carbonyl (C=O) groups is 2. The third-order valence-corrected chi connectivity index (χ3v) is 4.49. The van der Waals surface area contributed by atoms with Gasteiger partial charge in [0, 0.05) is 38.6 Å². The van der Waals surface area contributed by atoms with E-state index < -0.39 is 5.97 Å². The monoisotopic (exact) mass is 318 g/mol. The first-order chi connectivity index (χ1) is 10.6. The molecule has 0 aromatic carbocycles. The number of aromatic carboxylic acids is 1. The molecule has 22 heavy (non-hydrogen) atoms. The van der Waals surface area contributed by atoms with E-state index in [4.69, 9.17) is 5.11 Å². The van der Waals surface area contributed by atoms with E-state index in [2.05, 4.69) is 9.97 Å². The summed E-state index contributed by atoms with van der Waals surface area (Å²) in [4.78, 5) is 36.1. The molecule has 1 saturated heterocycles. The van der Waals surface area contributed by atoms with E-state index in [0.717, 1.165) is 11.3 Å². The van der Waals surface area contributed by atoms with Crippen LogP contribution >= 0.6 is 11.3 Å². The second kappa shape index (κ2) is 6.10. The minimum Gasteiger partial charge on any atom is -0.477 e. The van der Waals surface area contributed by atoms with Crippen molar-refractivity contribution in [2.24, 2.45) is 0 Å². The number of rotatable bonds is 3. The van der Waals surface area contributed by atoms with Crippen LogP contribution in [0.5, 0.6) is 0 Å². The van der Waals surface area contributed by atoms with E-state index in [1.165, 1.54) is 6.07 Å². The van der Waals surface area contributed by atoms with Crippen molar-refractivity contribution in [2.45, 2.75) is 0 Å². The molecule has 8 heteroatoms. The second-order valence-corrected chi connectivity index (χ2v) is 5.88. The minimum atomic E-state index is -1.00. The van der Waals surface area contributed by atoms with Gasteiger partial charge in [-0.2, -0.15) is 0 Å². The highest BCUT2D eigenvalue weighted by Crippen LogP contribution is 2.19. The lowest BCUT2D eigenvalue weighted by Crippen LogP contribution is -2.49. The van der Waals surface area contributed by atoms with Crippen LogP contribution in [0.3, 0.4) is 0 Å². The Labute approximate surface area is 130 Å². The Kier molecular flexibility index (Phi) is 4.01. The molecule has 2 aromatic rings. The highest BCUT2D eigenvalue weighted by Gasteiger charge is 2.24. The van der Waals surface area contributed by atoms with Crippen molar-refractivity contribution in [3.63, 3.8) is 0 Å². The molecule has 3 heterocycles. The first kappa shape index (κ1) is 14.5. The van der Waals surface area contributed by atoms with Gasteiger partial charge >= 0.3 is 5.97 Å². The Morgan fingerprint density at radius 3 is 2.27 bits per heavy atom. The summed E-state index contributed by atoms with van der Waals surface area (Å²) in [7, 11) is 0. The van der Waals surface area contributed by atoms with E-state index in [1.807, 2.05) is 4.90 Å². The third kappa shape index (κ3) is 2.91. The summed E-state index contributed by atoms with van der Waals surface area (Å²) in [6.45, 7) is 2.45. The molecule has 0 aliphatic carbocycles. The Bertz CT molecular complexity index is 680. The van der Waals surface area contributed by atoms with E-state index in [1.54, 1.807) is 29.4 Å². The molecule has 1 amide bonds. The van der Waals surface area contributed by atoms with Gasteiger partial charge in [0.2, 0.25) is 5.95 Å². The largest absolute Gasteiger partial charge is 0.477 e. The van der Waals surface area contributed by atoms with Gasteiger partial charge in [0.05, 0.1) is 4.88 Å². The lowest BCUT2D eigenvalue weighted by atomic mass is 10.3. The number of hydrogen-bond acceptors (Lipinski definition) is 6. The molecule has 0 saturated carbocycles. The normalized spacial score (nSPS) is 14.9. The summed E-state index contributed by atoms with van der Waals surface area (Å²) in [5.74, 6) is -0.458. The molecule has 0 atom stereocenters. The maximum absolute atomic E-state index is 12.4. The van der Waals surface area contributed by atoms with E-state index in [-0.39, 0.29) is 10.8 Å². The fourth-order valence-electron chi connectivity index (χ4n) is 2.29. The topological polar surface area (TPSA) is 86.6 Å². The van der Waals surface area contributed by atoms with Crippen LogP contribution in [-0.2, 0) is 0 Å². The van der Waals surface area contributed by atoms with Crippen LogP contribution in [0.1, 0.15) is 19.3 Å². The molecule has 0 spiro atoms. The first-order valence-electron chi connectivity index (χ1n) is 6.79. The Morgan fingerprint density at radius 1 is 1.05 bits per heavy atom. The standard InChI is InChI=1S/C14H14N4O3S/c19-12(10-2-3-11(22-10)13(20)21)17-6-8-18(9-7-17)14-15-4-1-5-16-14/h1-5H,6-9H2,(H,20,21). The summed E-state index contributed by atoms with van der Waals surface area (Å²) in [6, 6.07) is 4.80. The SMILES string of the molecule is O=C(O)c1ccc(C(=O)N2CCN(c3ncccn3)CC2)s1. The van der Waals surface area contributed by atoms with Crippen LogP contribution in [0.4, 0.5) is 5.95 Å². The molecule has 0 unspecified atom stereocenters.